The smallest absolute Gasteiger partial charge is 0.407 e. The second-order valence-electron chi connectivity index (χ2n) is 19.7. The molecule has 0 spiro atoms. The summed E-state index contributed by atoms with van der Waals surface area (Å²) in [6.07, 6.45) is -0.592. The highest BCUT2D eigenvalue weighted by Crippen LogP contribution is 2.40. The lowest BCUT2D eigenvalue weighted by molar-refractivity contribution is 0.0521. The molecule has 0 bridgehead atoms. The van der Waals surface area contributed by atoms with Crippen molar-refractivity contribution in [3.05, 3.63) is 190 Å². The highest BCUT2D eigenvalue weighted by molar-refractivity contribution is 8.23. The minimum atomic E-state index is -0.721. The van der Waals surface area contributed by atoms with E-state index in [0.717, 1.165) is 22.3 Å². The van der Waals surface area contributed by atoms with Crippen LogP contribution in [0.4, 0.5) is 4.79 Å². The number of alkyl carbamates (subject to hydrolysis) is 1. The monoisotopic (exact) mass is 1170 g/mol. The molecule has 0 atom stereocenters. The third-order valence-electron chi connectivity index (χ3n) is 12.6. The van der Waals surface area contributed by atoms with Gasteiger partial charge in [-0.2, -0.15) is 0 Å². The lowest BCUT2D eigenvalue weighted by Gasteiger charge is -2.25. The topological polar surface area (TPSA) is 177 Å². The van der Waals surface area contributed by atoms with Crippen LogP contribution in [0, 0.1) is 0 Å². The largest absolute Gasteiger partial charge is 0.484 e. The number of carbonyl (C=O) groups excluding carboxylic acids is 5. The van der Waals surface area contributed by atoms with Crippen molar-refractivity contribution in [3.63, 3.8) is 0 Å². The van der Waals surface area contributed by atoms with Crippen LogP contribution in [0.25, 0.3) is 0 Å². The number of thiocarbonyl (C=S) groups is 2. The Morgan fingerprint density at radius 1 is 0.469 bits per heavy atom. The second-order valence-corrected chi connectivity index (χ2v) is 23.1. The maximum Gasteiger partial charge on any atom is 0.407 e. The molecule has 20 heteroatoms. The van der Waals surface area contributed by atoms with E-state index in [2.05, 4.69) is 16.0 Å². The molecule has 422 valence electrons. The van der Waals surface area contributed by atoms with E-state index in [9.17, 15) is 24.0 Å². The Morgan fingerprint density at radius 2 is 0.778 bits per heavy atom. The molecule has 2 fully saturated rings. The summed E-state index contributed by atoms with van der Waals surface area (Å²) in [6, 6.07) is 44.1. The average Bonchev–Trinajstić information content (AvgIpc) is 4.32. The predicted octanol–water partition coefficient (Wildman–Crippen LogP) is 9.94. The van der Waals surface area contributed by atoms with Crippen molar-refractivity contribution in [3.8, 4) is 23.0 Å². The molecule has 3 N–H and O–H groups in total. The molecule has 0 aliphatic carbocycles. The van der Waals surface area contributed by atoms with Crippen LogP contribution in [0.5, 0.6) is 23.0 Å². The van der Waals surface area contributed by atoms with Crippen molar-refractivity contribution in [1.29, 1.82) is 0 Å². The molecule has 0 saturated carbocycles. The summed E-state index contributed by atoms with van der Waals surface area (Å²) in [5.74, 6) is 0.00127. The number of hydrogen-bond acceptors (Lipinski definition) is 15. The highest BCUT2D eigenvalue weighted by Gasteiger charge is 2.33. The van der Waals surface area contributed by atoms with Gasteiger partial charge in [0.1, 0.15) is 40.7 Å². The van der Waals surface area contributed by atoms with Gasteiger partial charge in [-0.25, -0.2) is 4.79 Å². The van der Waals surface area contributed by atoms with Gasteiger partial charge < -0.3 is 39.6 Å². The maximum atomic E-state index is 14.5. The van der Waals surface area contributed by atoms with Crippen LogP contribution >= 0.6 is 48.0 Å². The molecule has 2 aliphatic heterocycles. The molecule has 81 heavy (non-hydrogen) atoms. The number of nitrogens with zero attached hydrogens (tertiary/aromatic N) is 3. The Labute approximate surface area is 491 Å². The number of amides is 5. The lowest BCUT2D eigenvalue weighted by Crippen LogP contribution is -2.43. The molecule has 0 aromatic heterocycles. The Hall–Kier alpha value is -7.49. The zero-order valence-electron chi connectivity index (χ0n) is 45.3. The van der Waals surface area contributed by atoms with Crippen LogP contribution in [0.2, 0.25) is 0 Å². The summed E-state index contributed by atoms with van der Waals surface area (Å²) in [6.45, 7) is 7.74. The van der Waals surface area contributed by atoms with Crippen LogP contribution in [0.3, 0.4) is 0 Å². The minimum Gasteiger partial charge on any atom is -0.484 e. The number of rotatable bonds is 25. The van der Waals surface area contributed by atoms with E-state index in [-0.39, 0.29) is 116 Å². The molecule has 0 radical (unpaired) electrons. The van der Waals surface area contributed by atoms with Crippen LogP contribution in [-0.4, -0.2) is 123 Å². The molecule has 8 rings (SSSR count). The van der Waals surface area contributed by atoms with Gasteiger partial charge >= 0.3 is 6.09 Å². The predicted molar refractivity (Wildman–Crippen MR) is 324 cm³/mol. The van der Waals surface area contributed by atoms with E-state index >= 15 is 0 Å². The molecule has 6 aromatic rings. The number of hydrogen-bond donors (Lipinski definition) is 3. The summed E-state index contributed by atoms with van der Waals surface area (Å²) in [5, 5.41) is 8.87. The van der Waals surface area contributed by atoms with E-state index in [1.807, 2.05) is 126 Å². The molecule has 2 aliphatic rings. The number of thioether (sulfide) groups is 2. The Balaban J connectivity index is 1.03. The van der Waals surface area contributed by atoms with Crippen molar-refractivity contribution >= 4 is 86.3 Å². The van der Waals surface area contributed by atoms with Gasteiger partial charge in [0.2, 0.25) is 0 Å². The van der Waals surface area contributed by atoms with Gasteiger partial charge in [0.05, 0.1) is 22.3 Å². The van der Waals surface area contributed by atoms with Crippen molar-refractivity contribution in [2.75, 3.05) is 63.9 Å². The fourth-order valence-electron chi connectivity index (χ4n) is 8.57. The molecule has 2 saturated heterocycles. The van der Waals surface area contributed by atoms with Crippen molar-refractivity contribution < 1.29 is 47.7 Å². The van der Waals surface area contributed by atoms with Crippen LogP contribution in [-0.2, 0) is 31.2 Å². The lowest BCUT2D eigenvalue weighted by atomic mass is 10.1. The average molecular weight is 1170 g/mol. The van der Waals surface area contributed by atoms with Gasteiger partial charge in [0, 0.05) is 63.9 Å². The molecular weight excluding hydrogens is 1100 g/mol. The fraction of sp³-hybridized carbons (Fsp3) is 0.295. The normalized spacial score (nSPS) is 13.2. The third kappa shape index (κ3) is 17.0. The first kappa shape index (κ1) is 59.6. The standard InChI is InChI=1S/C61H64N6O10S4/c1-61(2,3)77-58(72)64-30-33-65(31-28-62-54(68)46-24-26-48(56(70)66-34-36-80-59(66)78)52(75-40-44-20-12-6-13-21-44)50(46)73-38-42-16-8-4-9-17-42)32-29-63-55(69)47-25-27-49(57(71)67-35-37-81-60(67)79)53(76-41-45-22-14-7-15-23-45)51(47)74-39-43-18-10-5-11-19-43/h4-27H,28-41H2,1-3H3,(H,62,68)(H,63,69)(H,64,72). The van der Waals surface area contributed by atoms with Crippen LogP contribution in [0.15, 0.2) is 146 Å². The number of nitrogens with one attached hydrogen (secondary N) is 3. The molecule has 16 nitrogen and oxygen atoms in total. The van der Waals surface area contributed by atoms with Gasteiger partial charge in [0.25, 0.3) is 23.6 Å². The number of ether oxygens (including phenoxy) is 5. The molecule has 0 unspecified atom stereocenters. The zero-order valence-corrected chi connectivity index (χ0v) is 48.6. The first-order valence-electron chi connectivity index (χ1n) is 26.5. The molecule has 2 heterocycles. The van der Waals surface area contributed by atoms with Crippen LogP contribution in [0.1, 0.15) is 84.5 Å². The highest BCUT2D eigenvalue weighted by atomic mass is 32.2. The Kier molecular flexibility index (Phi) is 21.6. The van der Waals surface area contributed by atoms with E-state index < -0.39 is 23.5 Å². The van der Waals surface area contributed by atoms with Crippen molar-refractivity contribution in [1.82, 2.24) is 30.7 Å². The molecular formula is C61H64N6O10S4. The van der Waals surface area contributed by atoms with E-state index in [4.69, 9.17) is 48.1 Å². The number of benzene rings is 6. The molecule has 6 aromatic carbocycles. The second kappa shape index (κ2) is 29.3. The first-order chi connectivity index (χ1) is 39.2. The first-order valence-corrected chi connectivity index (χ1v) is 29.2. The van der Waals surface area contributed by atoms with Gasteiger partial charge in [-0.1, -0.05) is 169 Å². The van der Waals surface area contributed by atoms with Gasteiger partial charge in [0.15, 0.2) is 23.0 Å². The number of carbonyl (C=O) groups is 5. The van der Waals surface area contributed by atoms with Gasteiger partial charge in [-0.3, -0.25) is 33.9 Å². The van der Waals surface area contributed by atoms with E-state index in [0.29, 0.717) is 39.8 Å². The van der Waals surface area contributed by atoms with Gasteiger partial charge in [-0.05, 0) is 67.3 Å². The van der Waals surface area contributed by atoms with E-state index in [1.54, 1.807) is 45.0 Å². The minimum absolute atomic E-state index is 0.0694. The summed E-state index contributed by atoms with van der Waals surface area (Å²) < 4.78 is 32.3. The van der Waals surface area contributed by atoms with Gasteiger partial charge in [-0.15, -0.1) is 0 Å². The summed E-state index contributed by atoms with van der Waals surface area (Å²) in [4.78, 5) is 75.2. The third-order valence-corrected chi connectivity index (χ3v) is 15.5. The SMILES string of the molecule is CC(C)(C)OC(=O)NCCN(CCNC(=O)c1ccc(C(=O)N2CCSC2=S)c(OCc2ccccc2)c1OCc1ccccc1)CCNC(=O)c1ccc(C(=O)N2CCSC2=S)c(OCc2ccccc2)c1OCc1ccccc1. The van der Waals surface area contributed by atoms with E-state index in [1.165, 1.54) is 33.3 Å². The van der Waals surface area contributed by atoms with Crippen molar-refractivity contribution in [2.45, 2.75) is 52.8 Å². The summed E-state index contributed by atoms with van der Waals surface area (Å²) in [7, 11) is 0. The Morgan fingerprint density at radius 3 is 1.09 bits per heavy atom. The van der Waals surface area contributed by atoms with Crippen molar-refractivity contribution in [2.24, 2.45) is 0 Å². The maximum absolute atomic E-state index is 14.5. The Bertz CT molecular complexity index is 2980. The zero-order chi connectivity index (χ0) is 57.1. The van der Waals surface area contributed by atoms with Crippen LogP contribution < -0.4 is 34.9 Å². The summed E-state index contributed by atoms with van der Waals surface area (Å²) in [5.41, 5.74) is 3.29. The fourth-order valence-corrected chi connectivity index (χ4v) is 11.0. The quantitative estimate of drug-likeness (QED) is 0.0461. The molecule has 5 amide bonds. The summed E-state index contributed by atoms with van der Waals surface area (Å²) >= 11 is 13.9.